The molecule has 0 spiro atoms. The van der Waals surface area contributed by atoms with E-state index in [-0.39, 0.29) is 5.91 Å². The van der Waals surface area contributed by atoms with E-state index in [1.54, 1.807) is 0 Å². The Morgan fingerprint density at radius 3 is 2.40 bits per heavy atom. The van der Waals surface area contributed by atoms with E-state index in [0.29, 0.717) is 0 Å². The summed E-state index contributed by atoms with van der Waals surface area (Å²) in [7, 11) is 0. The maximum atomic E-state index is 12.6. The van der Waals surface area contributed by atoms with Gasteiger partial charge in [-0.1, -0.05) is 36.4 Å². The van der Waals surface area contributed by atoms with Gasteiger partial charge in [-0.15, -0.1) is 0 Å². The number of amides is 1. The lowest BCUT2D eigenvalue weighted by Crippen LogP contribution is -2.34. The number of benzene rings is 2. The Labute approximate surface area is 133 Å². The van der Waals surface area contributed by atoms with Gasteiger partial charge in [-0.2, -0.15) is 0 Å². The molecule has 0 bridgehead atoms. The predicted octanol–water partition coefficient (Wildman–Crippen LogP) is 4.52. The summed E-state index contributed by atoms with van der Waals surface area (Å²) in [5.41, 5.74) is 2.41. The number of halogens is 1. The molecule has 0 aliphatic carbocycles. The molecule has 0 saturated carbocycles. The van der Waals surface area contributed by atoms with Crippen LogP contribution in [0.15, 0.2) is 48.5 Å². The second-order valence-electron chi connectivity index (χ2n) is 5.40. The molecule has 0 aliphatic rings. The Balaban J connectivity index is 2.26. The predicted molar refractivity (Wildman–Crippen MR) is 92.0 cm³/mol. The molecule has 20 heavy (non-hydrogen) atoms. The Kier molecular flexibility index (Phi) is 4.48. The van der Waals surface area contributed by atoms with Crippen LogP contribution in [0.2, 0.25) is 0 Å². The van der Waals surface area contributed by atoms with Crippen molar-refractivity contribution in [1.29, 1.82) is 0 Å². The van der Waals surface area contributed by atoms with Crippen molar-refractivity contribution in [1.82, 2.24) is 0 Å². The minimum absolute atomic E-state index is 0.00815. The number of aryl methyl sites for hydroxylation is 1. The largest absolute Gasteiger partial charge is 0.325 e. The fourth-order valence-electron chi connectivity index (χ4n) is 1.99. The van der Waals surface area contributed by atoms with E-state index in [9.17, 15) is 4.79 Å². The molecule has 0 aromatic heterocycles. The molecule has 0 atom stereocenters. The minimum atomic E-state index is -0.561. The molecular formula is C17H18INO. The number of hydrogen-bond acceptors (Lipinski definition) is 1. The van der Waals surface area contributed by atoms with Crippen LogP contribution < -0.4 is 5.32 Å². The van der Waals surface area contributed by atoms with Crippen molar-refractivity contribution in [2.24, 2.45) is 0 Å². The Bertz CT molecular complexity index is 620. The third-order valence-corrected chi connectivity index (χ3v) is 4.18. The molecule has 0 radical (unpaired) electrons. The summed E-state index contributed by atoms with van der Waals surface area (Å²) in [6, 6.07) is 15.9. The van der Waals surface area contributed by atoms with E-state index in [2.05, 4.69) is 27.9 Å². The molecule has 104 valence electrons. The summed E-state index contributed by atoms with van der Waals surface area (Å²) in [5, 5.41) is 3.05. The average Bonchev–Trinajstić information content (AvgIpc) is 2.43. The number of anilines is 1. The minimum Gasteiger partial charge on any atom is -0.325 e. The molecule has 0 fully saturated rings. The van der Waals surface area contributed by atoms with Crippen LogP contribution in [-0.4, -0.2) is 5.91 Å². The van der Waals surface area contributed by atoms with Gasteiger partial charge in [0.15, 0.2) is 0 Å². The molecule has 2 nitrogen and oxygen atoms in total. The Morgan fingerprint density at radius 2 is 1.75 bits per heavy atom. The summed E-state index contributed by atoms with van der Waals surface area (Å²) in [6.45, 7) is 5.89. The first-order valence-corrected chi connectivity index (χ1v) is 7.62. The third-order valence-electron chi connectivity index (χ3n) is 3.51. The van der Waals surface area contributed by atoms with Crippen LogP contribution in [0.3, 0.4) is 0 Å². The summed E-state index contributed by atoms with van der Waals surface area (Å²) < 4.78 is 1.11. The van der Waals surface area contributed by atoms with Gasteiger partial charge in [-0.25, -0.2) is 0 Å². The van der Waals surface area contributed by atoms with Crippen molar-refractivity contribution in [2.45, 2.75) is 26.2 Å². The highest BCUT2D eigenvalue weighted by atomic mass is 127. The maximum absolute atomic E-state index is 12.6. The van der Waals surface area contributed by atoms with Crippen LogP contribution in [0.4, 0.5) is 5.69 Å². The van der Waals surface area contributed by atoms with Gasteiger partial charge < -0.3 is 5.32 Å². The molecule has 0 saturated heterocycles. The van der Waals surface area contributed by atoms with Gasteiger partial charge in [0.2, 0.25) is 5.91 Å². The van der Waals surface area contributed by atoms with Gasteiger partial charge in [0, 0.05) is 9.26 Å². The molecule has 2 aromatic carbocycles. The highest BCUT2D eigenvalue weighted by Gasteiger charge is 2.29. The van der Waals surface area contributed by atoms with Crippen molar-refractivity contribution in [2.75, 3.05) is 5.32 Å². The number of carbonyl (C=O) groups excluding carboxylic acids is 1. The third kappa shape index (κ3) is 3.20. The van der Waals surface area contributed by atoms with Gasteiger partial charge in [-0.05, 0) is 66.6 Å². The first-order valence-electron chi connectivity index (χ1n) is 6.54. The van der Waals surface area contributed by atoms with E-state index < -0.39 is 5.41 Å². The second kappa shape index (κ2) is 5.95. The molecule has 0 unspecified atom stereocenters. The van der Waals surface area contributed by atoms with E-state index in [4.69, 9.17) is 0 Å². The summed E-state index contributed by atoms with van der Waals surface area (Å²) in [4.78, 5) is 12.6. The molecule has 1 amide bonds. The van der Waals surface area contributed by atoms with E-state index in [0.717, 1.165) is 20.4 Å². The first kappa shape index (κ1) is 15.0. The quantitative estimate of drug-likeness (QED) is 0.781. The molecule has 1 N–H and O–H groups in total. The van der Waals surface area contributed by atoms with Crippen LogP contribution in [0, 0.1) is 10.5 Å². The Hall–Kier alpha value is -1.36. The second-order valence-corrected chi connectivity index (χ2v) is 6.65. The summed E-state index contributed by atoms with van der Waals surface area (Å²) in [6.07, 6.45) is 0. The monoisotopic (exact) mass is 379 g/mol. The molecule has 0 heterocycles. The van der Waals surface area contributed by atoms with E-state index in [1.165, 1.54) is 0 Å². The molecule has 2 rings (SSSR count). The highest BCUT2D eigenvalue weighted by Crippen LogP contribution is 2.26. The SMILES string of the molecule is Cc1ccc(I)cc1NC(=O)C(C)(C)c1ccccc1. The zero-order chi connectivity index (χ0) is 14.8. The van der Waals surface area contributed by atoms with Gasteiger partial charge in [0.05, 0.1) is 5.41 Å². The van der Waals surface area contributed by atoms with Crippen LogP contribution in [0.5, 0.6) is 0 Å². The first-order chi connectivity index (χ1) is 9.41. The zero-order valence-corrected chi connectivity index (χ0v) is 14.1. The molecule has 3 heteroatoms. The van der Waals surface area contributed by atoms with Crippen LogP contribution in [-0.2, 0) is 10.2 Å². The lowest BCUT2D eigenvalue weighted by molar-refractivity contribution is -0.120. The van der Waals surface area contributed by atoms with Crippen LogP contribution >= 0.6 is 22.6 Å². The number of carbonyl (C=O) groups is 1. The fourth-order valence-corrected chi connectivity index (χ4v) is 2.48. The van der Waals surface area contributed by atoms with Crippen molar-refractivity contribution in [3.8, 4) is 0 Å². The lowest BCUT2D eigenvalue weighted by atomic mass is 9.83. The lowest BCUT2D eigenvalue weighted by Gasteiger charge is -2.24. The zero-order valence-electron chi connectivity index (χ0n) is 11.9. The standard InChI is InChI=1S/C17H18INO/c1-12-9-10-14(18)11-15(12)19-16(20)17(2,3)13-7-5-4-6-8-13/h4-11H,1-3H3,(H,19,20). The van der Waals surface area contributed by atoms with Gasteiger partial charge in [0.1, 0.15) is 0 Å². The van der Waals surface area contributed by atoms with E-state index in [1.807, 2.05) is 69.3 Å². The van der Waals surface area contributed by atoms with Gasteiger partial charge in [-0.3, -0.25) is 4.79 Å². The van der Waals surface area contributed by atoms with Crippen molar-refractivity contribution >= 4 is 34.2 Å². The Morgan fingerprint density at radius 1 is 1.10 bits per heavy atom. The normalized spacial score (nSPS) is 11.2. The average molecular weight is 379 g/mol. The summed E-state index contributed by atoms with van der Waals surface area (Å²) in [5.74, 6) is 0.00815. The van der Waals surface area contributed by atoms with Gasteiger partial charge in [0.25, 0.3) is 0 Å². The summed E-state index contributed by atoms with van der Waals surface area (Å²) >= 11 is 2.25. The smallest absolute Gasteiger partial charge is 0.234 e. The molecule has 0 aliphatic heterocycles. The number of nitrogens with one attached hydrogen (secondary N) is 1. The van der Waals surface area contributed by atoms with E-state index >= 15 is 0 Å². The van der Waals surface area contributed by atoms with Crippen molar-refractivity contribution < 1.29 is 4.79 Å². The van der Waals surface area contributed by atoms with Crippen molar-refractivity contribution in [3.63, 3.8) is 0 Å². The molecule has 2 aromatic rings. The highest BCUT2D eigenvalue weighted by molar-refractivity contribution is 14.1. The van der Waals surface area contributed by atoms with Crippen LogP contribution in [0.1, 0.15) is 25.0 Å². The van der Waals surface area contributed by atoms with Crippen LogP contribution in [0.25, 0.3) is 0 Å². The fraction of sp³-hybridized carbons (Fsp3) is 0.235. The molecular weight excluding hydrogens is 361 g/mol. The topological polar surface area (TPSA) is 29.1 Å². The number of hydrogen-bond donors (Lipinski definition) is 1. The van der Waals surface area contributed by atoms with Gasteiger partial charge >= 0.3 is 0 Å². The number of rotatable bonds is 3. The van der Waals surface area contributed by atoms with Crippen molar-refractivity contribution in [3.05, 3.63) is 63.2 Å². The maximum Gasteiger partial charge on any atom is 0.234 e.